The second kappa shape index (κ2) is 7.82. The number of hydrogen-bond donors (Lipinski definition) is 3. The van der Waals surface area contributed by atoms with E-state index in [2.05, 4.69) is 25.7 Å². The number of nitrogens with zero attached hydrogens (tertiary/aromatic N) is 4. The molecule has 1 saturated carbocycles. The summed E-state index contributed by atoms with van der Waals surface area (Å²) in [4.78, 5) is 19.6. The molecule has 4 rings (SSSR count). The minimum absolute atomic E-state index is 0.0518. The van der Waals surface area contributed by atoms with E-state index in [9.17, 15) is 18.7 Å². The summed E-state index contributed by atoms with van der Waals surface area (Å²) < 4.78 is 29.5. The van der Waals surface area contributed by atoms with E-state index in [4.69, 9.17) is 0 Å². The Labute approximate surface area is 164 Å². The van der Waals surface area contributed by atoms with E-state index < -0.39 is 17.6 Å². The van der Waals surface area contributed by atoms with Crippen molar-refractivity contribution in [3.05, 3.63) is 59.6 Å². The molecule has 8 nitrogen and oxygen atoms in total. The molecule has 0 atom stereocenters. The Morgan fingerprint density at radius 2 is 2.00 bits per heavy atom. The average molecular weight is 400 g/mol. The predicted molar refractivity (Wildman–Crippen MR) is 101 cm³/mol. The summed E-state index contributed by atoms with van der Waals surface area (Å²) in [6, 6.07) is 3.91. The van der Waals surface area contributed by atoms with E-state index in [-0.39, 0.29) is 29.4 Å². The summed E-state index contributed by atoms with van der Waals surface area (Å²) in [5.74, 6) is -2.63. The van der Waals surface area contributed by atoms with E-state index >= 15 is 0 Å². The van der Waals surface area contributed by atoms with E-state index in [1.54, 1.807) is 6.20 Å². The van der Waals surface area contributed by atoms with Crippen LogP contribution in [0.3, 0.4) is 0 Å². The van der Waals surface area contributed by atoms with Crippen LogP contribution in [0.25, 0.3) is 0 Å². The van der Waals surface area contributed by atoms with Gasteiger partial charge < -0.3 is 15.7 Å². The number of carboxylic acid groups (broad SMARTS) is 1. The number of nitrogens with one attached hydrogen (secondary N) is 2. The number of halogens is 2. The van der Waals surface area contributed by atoms with Gasteiger partial charge in [0.1, 0.15) is 23.0 Å². The van der Waals surface area contributed by atoms with Gasteiger partial charge in [0.05, 0.1) is 17.9 Å². The second-order valence-corrected chi connectivity index (χ2v) is 6.73. The summed E-state index contributed by atoms with van der Waals surface area (Å²) in [7, 11) is 0. The molecule has 1 aliphatic rings. The lowest BCUT2D eigenvalue weighted by Crippen LogP contribution is -2.17. The minimum Gasteiger partial charge on any atom is -0.477 e. The Morgan fingerprint density at radius 3 is 2.66 bits per heavy atom. The van der Waals surface area contributed by atoms with Crippen molar-refractivity contribution in [2.45, 2.75) is 31.8 Å². The maximum atomic E-state index is 13.8. The number of carbonyl (C=O) groups is 1. The van der Waals surface area contributed by atoms with Crippen LogP contribution in [-0.4, -0.2) is 30.8 Å². The van der Waals surface area contributed by atoms with Crippen molar-refractivity contribution in [2.24, 2.45) is 0 Å². The Balaban J connectivity index is 1.54. The van der Waals surface area contributed by atoms with Crippen molar-refractivity contribution in [3.8, 4) is 0 Å². The van der Waals surface area contributed by atoms with E-state index in [1.165, 1.54) is 12.5 Å². The molecule has 0 unspecified atom stereocenters. The monoisotopic (exact) mass is 400 g/mol. The zero-order valence-corrected chi connectivity index (χ0v) is 15.3. The maximum Gasteiger partial charge on any atom is 0.341 e. The van der Waals surface area contributed by atoms with Crippen LogP contribution >= 0.6 is 0 Å². The molecular formula is C19H18F2N6O2. The molecule has 0 saturated heterocycles. The topological polar surface area (TPSA) is 105 Å². The van der Waals surface area contributed by atoms with Crippen molar-refractivity contribution in [2.75, 3.05) is 10.6 Å². The first-order valence-corrected chi connectivity index (χ1v) is 9.09. The lowest BCUT2D eigenvalue weighted by molar-refractivity contribution is 0.0697. The average Bonchev–Trinajstić information content (AvgIpc) is 3.07. The number of hydrogen-bond acceptors (Lipinski definition) is 6. The summed E-state index contributed by atoms with van der Waals surface area (Å²) in [5.41, 5.74) is 0.238. The molecular weight excluding hydrogens is 382 g/mol. The predicted octanol–water partition coefficient (Wildman–Crippen LogP) is 3.73. The van der Waals surface area contributed by atoms with Gasteiger partial charge in [-0.2, -0.15) is 10.1 Å². The van der Waals surface area contributed by atoms with Gasteiger partial charge in [-0.05, 0) is 31.4 Å². The Morgan fingerprint density at radius 1 is 1.24 bits per heavy atom. The van der Waals surface area contributed by atoms with Gasteiger partial charge >= 0.3 is 5.97 Å². The number of aromatic carboxylic acids is 1. The zero-order chi connectivity index (χ0) is 20.4. The normalized spacial score (nSPS) is 13.7. The van der Waals surface area contributed by atoms with Gasteiger partial charge in [0, 0.05) is 24.5 Å². The number of benzene rings is 1. The summed E-state index contributed by atoms with van der Waals surface area (Å²) in [6.45, 7) is -0.269. The highest BCUT2D eigenvalue weighted by Gasteiger charge is 2.20. The molecule has 29 heavy (non-hydrogen) atoms. The van der Waals surface area contributed by atoms with E-state index in [0.29, 0.717) is 11.7 Å². The lowest BCUT2D eigenvalue weighted by Gasteiger charge is -2.25. The second-order valence-electron chi connectivity index (χ2n) is 6.73. The minimum atomic E-state index is -1.26. The molecule has 2 aromatic heterocycles. The summed E-state index contributed by atoms with van der Waals surface area (Å²) in [6.07, 6.45) is 7.96. The molecule has 1 aliphatic carbocycles. The van der Waals surface area contributed by atoms with Gasteiger partial charge in [0.15, 0.2) is 0 Å². The van der Waals surface area contributed by atoms with Crippen molar-refractivity contribution >= 4 is 23.4 Å². The molecule has 1 aromatic carbocycles. The fraction of sp³-hybridized carbons (Fsp3) is 0.263. The molecule has 0 spiro atoms. The number of anilines is 3. The van der Waals surface area contributed by atoms with Gasteiger partial charge in [-0.25, -0.2) is 18.6 Å². The molecule has 2 heterocycles. The van der Waals surface area contributed by atoms with E-state index in [0.717, 1.165) is 31.2 Å². The molecule has 0 aliphatic heterocycles. The number of carboxylic acids is 1. The van der Waals surface area contributed by atoms with Crippen LogP contribution in [0, 0.1) is 11.6 Å². The SMILES string of the molecule is O=C(O)c1cnc(Nc2cnn(C3CCC3)c2)nc1NCc1c(F)cccc1F. The third-order valence-corrected chi connectivity index (χ3v) is 4.82. The Bertz CT molecular complexity index is 1030. The molecule has 150 valence electrons. The largest absolute Gasteiger partial charge is 0.477 e. The van der Waals surface area contributed by atoms with Crippen LogP contribution in [0.5, 0.6) is 0 Å². The first-order chi connectivity index (χ1) is 14.0. The van der Waals surface area contributed by atoms with E-state index in [1.807, 2.05) is 10.9 Å². The van der Waals surface area contributed by atoms with Crippen molar-refractivity contribution in [1.29, 1.82) is 0 Å². The van der Waals surface area contributed by atoms with Crippen molar-refractivity contribution in [1.82, 2.24) is 19.7 Å². The van der Waals surface area contributed by atoms with Crippen molar-refractivity contribution < 1.29 is 18.7 Å². The standard InChI is InChI=1S/C19H18F2N6O2/c20-15-5-2-6-16(21)13(15)8-22-17-14(18(28)29)9-23-19(26-17)25-11-7-24-27(10-11)12-3-1-4-12/h2,5-7,9-10,12H,1,3-4,8H2,(H,28,29)(H2,22,23,25,26). The Hall–Kier alpha value is -3.56. The molecule has 3 N–H and O–H groups in total. The highest BCUT2D eigenvalue weighted by atomic mass is 19.1. The molecule has 10 heteroatoms. The van der Waals surface area contributed by atoms with Gasteiger partial charge in [-0.1, -0.05) is 6.07 Å². The van der Waals surface area contributed by atoms with Crippen LogP contribution in [0.4, 0.5) is 26.2 Å². The fourth-order valence-electron chi connectivity index (χ4n) is 2.99. The van der Waals surface area contributed by atoms with Gasteiger partial charge in [0.25, 0.3) is 0 Å². The molecule has 0 radical (unpaired) electrons. The van der Waals surface area contributed by atoms with Crippen LogP contribution in [0.15, 0.2) is 36.8 Å². The highest BCUT2D eigenvalue weighted by molar-refractivity contribution is 5.93. The highest BCUT2D eigenvalue weighted by Crippen LogP contribution is 2.31. The maximum absolute atomic E-state index is 13.8. The van der Waals surface area contributed by atoms with Crippen LogP contribution in [-0.2, 0) is 6.54 Å². The summed E-state index contributed by atoms with van der Waals surface area (Å²) in [5, 5.41) is 19.3. The van der Waals surface area contributed by atoms with Gasteiger partial charge in [-0.3, -0.25) is 4.68 Å². The number of rotatable bonds is 7. The summed E-state index contributed by atoms with van der Waals surface area (Å²) >= 11 is 0. The van der Waals surface area contributed by atoms with Crippen LogP contribution < -0.4 is 10.6 Å². The smallest absolute Gasteiger partial charge is 0.341 e. The zero-order valence-electron chi connectivity index (χ0n) is 15.3. The lowest BCUT2D eigenvalue weighted by atomic mass is 9.93. The molecule has 0 amide bonds. The first-order valence-electron chi connectivity index (χ1n) is 9.09. The fourth-order valence-corrected chi connectivity index (χ4v) is 2.99. The molecule has 3 aromatic rings. The quantitative estimate of drug-likeness (QED) is 0.555. The van der Waals surface area contributed by atoms with Crippen LogP contribution in [0.1, 0.15) is 41.2 Å². The third kappa shape index (κ3) is 4.00. The van der Waals surface area contributed by atoms with Gasteiger partial charge in [0.2, 0.25) is 5.95 Å². The molecule has 0 bridgehead atoms. The number of aromatic nitrogens is 4. The first kappa shape index (κ1) is 18.8. The molecule has 1 fully saturated rings. The van der Waals surface area contributed by atoms with Crippen LogP contribution in [0.2, 0.25) is 0 Å². The Kier molecular flexibility index (Phi) is 5.07. The van der Waals surface area contributed by atoms with Gasteiger partial charge in [-0.15, -0.1) is 0 Å². The van der Waals surface area contributed by atoms with Crippen molar-refractivity contribution in [3.63, 3.8) is 0 Å². The third-order valence-electron chi connectivity index (χ3n) is 4.82.